The van der Waals surface area contributed by atoms with E-state index in [0.717, 1.165) is 23.2 Å². The van der Waals surface area contributed by atoms with Crippen LogP contribution in [-0.2, 0) is 9.84 Å². The lowest BCUT2D eigenvalue weighted by Gasteiger charge is -2.13. The zero-order chi connectivity index (χ0) is 19.1. The summed E-state index contributed by atoms with van der Waals surface area (Å²) in [5, 5.41) is 7.01. The summed E-state index contributed by atoms with van der Waals surface area (Å²) in [6.07, 6.45) is 1.15. The van der Waals surface area contributed by atoms with Crippen LogP contribution < -0.4 is 5.32 Å². The monoisotopic (exact) mass is 373 g/mol. The molecule has 0 fully saturated rings. The molecular weight excluding hydrogens is 354 g/mol. The molecule has 1 amide bonds. The summed E-state index contributed by atoms with van der Waals surface area (Å²) in [5.41, 5.74) is 2.41. The van der Waals surface area contributed by atoms with Crippen molar-refractivity contribution in [3.05, 3.63) is 53.1 Å². The molecule has 3 aromatic rings. The van der Waals surface area contributed by atoms with Crippen molar-refractivity contribution in [2.75, 3.05) is 6.26 Å². The largest absolute Gasteiger partial charge is 0.343 e. The van der Waals surface area contributed by atoms with E-state index in [1.54, 1.807) is 19.1 Å². The minimum Gasteiger partial charge on any atom is -0.343 e. The number of nitrogens with one attached hydrogen (secondary N) is 1. The smallest absolute Gasteiger partial charge is 0.291 e. The van der Waals surface area contributed by atoms with Gasteiger partial charge in [0.25, 0.3) is 11.7 Å². The van der Waals surface area contributed by atoms with Gasteiger partial charge in [0.2, 0.25) is 5.82 Å². The van der Waals surface area contributed by atoms with Crippen LogP contribution in [0.1, 0.15) is 40.5 Å². The van der Waals surface area contributed by atoms with Gasteiger partial charge in [-0.2, -0.15) is 4.98 Å². The third-order valence-corrected chi connectivity index (χ3v) is 5.11. The summed E-state index contributed by atoms with van der Waals surface area (Å²) in [7, 11) is -3.25. The first-order valence-corrected chi connectivity index (χ1v) is 9.86. The molecule has 9 heteroatoms. The van der Waals surface area contributed by atoms with Gasteiger partial charge < -0.3 is 5.32 Å². The molecule has 3 rings (SSSR count). The highest BCUT2D eigenvalue weighted by Crippen LogP contribution is 2.16. The van der Waals surface area contributed by atoms with Crippen LogP contribution in [0.2, 0.25) is 0 Å². The van der Waals surface area contributed by atoms with Crippen molar-refractivity contribution in [3.63, 3.8) is 0 Å². The average Bonchev–Trinajstić information content (AvgIpc) is 2.98. The highest BCUT2D eigenvalue weighted by Gasteiger charge is 2.18. The summed E-state index contributed by atoms with van der Waals surface area (Å²) < 4.78 is 24.6. The fourth-order valence-corrected chi connectivity index (χ4v) is 3.24. The van der Waals surface area contributed by atoms with E-state index >= 15 is 0 Å². The summed E-state index contributed by atoms with van der Waals surface area (Å²) in [4.78, 5) is 21.1. The summed E-state index contributed by atoms with van der Waals surface area (Å²) in [5.74, 6) is -0.0177. The number of carbonyl (C=O) groups is 1. The first kappa shape index (κ1) is 18.0. The van der Waals surface area contributed by atoms with Crippen LogP contribution >= 0.6 is 0 Å². The molecule has 0 radical (unpaired) electrons. The molecule has 0 aliphatic carbocycles. The minimum atomic E-state index is -3.25. The lowest BCUT2D eigenvalue weighted by molar-refractivity contribution is 0.0929. The molecule has 0 saturated carbocycles. The zero-order valence-electron chi connectivity index (χ0n) is 14.9. The van der Waals surface area contributed by atoms with Crippen LogP contribution in [0.4, 0.5) is 0 Å². The highest BCUT2D eigenvalue weighted by molar-refractivity contribution is 7.90. The van der Waals surface area contributed by atoms with Gasteiger partial charge in [-0.1, -0.05) is 12.1 Å². The number of carbonyl (C=O) groups excluding carboxylic acids is 1. The molecule has 0 aliphatic heterocycles. The Labute approximate surface area is 151 Å². The minimum absolute atomic E-state index is 0.0332. The van der Waals surface area contributed by atoms with Crippen LogP contribution in [-0.4, -0.2) is 40.2 Å². The van der Waals surface area contributed by atoms with Crippen molar-refractivity contribution >= 4 is 21.5 Å². The van der Waals surface area contributed by atoms with Gasteiger partial charge in [0.1, 0.15) is 0 Å². The predicted molar refractivity (Wildman–Crippen MR) is 95.7 cm³/mol. The second-order valence-electron chi connectivity index (χ2n) is 6.22. The van der Waals surface area contributed by atoms with Gasteiger partial charge in [0, 0.05) is 17.6 Å². The molecule has 0 bridgehead atoms. The van der Waals surface area contributed by atoms with E-state index in [1.165, 1.54) is 16.6 Å². The van der Waals surface area contributed by atoms with Crippen molar-refractivity contribution in [3.8, 4) is 0 Å². The fourth-order valence-electron chi connectivity index (χ4n) is 2.61. The number of rotatable bonds is 4. The van der Waals surface area contributed by atoms with Crippen LogP contribution in [0.3, 0.4) is 0 Å². The van der Waals surface area contributed by atoms with Crippen LogP contribution in [0.25, 0.3) is 5.78 Å². The molecule has 0 aliphatic rings. The third-order valence-electron chi connectivity index (χ3n) is 3.98. The molecule has 0 saturated heterocycles. The van der Waals surface area contributed by atoms with Gasteiger partial charge in [-0.25, -0.2) is 17.9 Å². The molecule has 0 spiro atoms. The fraction of sp³-hybridized carbons (Fsp3) is 0.294. The van der Waals surface area contributed by atoms with E-state index in [4.69, 9.17) is 0 Å². The molecule has 1 N–H and O–H groups in total. The Hall–Kier alpha value is -2.81. The summed E-state index contributed by atoms with van der Waals surface area (Å²) in [6, 6.07) is 7.91. The molecule has 2 heterocycles. The maximum atomic E-state index is 12.4. The predicted octanol–water partition coefficient (Wildman–Crippen LogP) is 1.64. The molecule has 2 aromatic heterocycles. The quantitative estimate of drug-likeness (QED) is 0.745. The number of amides is 1. The Bertz CT molecular complexity index is 1090. The van der Waals surface area contributed by atoms with Crippen molar-refractivity contribution in [2.24, 2.45) is 0 Å². The number of nitrogens with zero attached hydrogens (tertiary/aromatic N) is 4. The highest BCUT2D eigenvalue weighted by atomic mass is 32.2. The number of fused-ring (bicyclic) bond motifs is 1. The molecule has 1 unspecified atom stereocenters. The Balaban J connectivity index is 1.80. The lowest BCUT2D eigenvalue weighted by atomic mass is 10.1. The standard InChI is InChI=1S/C17H19N5O3S/c1-10-9-11(2)22-17(18-10)20-15(21-22)16(23)19-12(3)13-5-7-14(8-6-13)26(4,24)25/h5-9,12H,1-4H3,(H,19,23). The van der Waals surface area contributed by atoms with Gasteiger partial charge in [-0.3, -0.25) is 4.79 Å². The SMILES string of the molecule is Cc1cc(C)n2nc(C(=O)NC(C)c3ccc(S(C)(=O)=O)cc3)nc2n1. The van der Waals surface area contributed by atoms with Gasteiger partial charge >= 0.3 is 0 Å². The summed E-state index contributed by atoms with van der Waals surface area (Å²) >= 11 is 0. The van der Waals surface area contributed by atoms with Gasteiger partial charge in [0.05, 0.1) is 10.9 Å². The van der Waals surface area contributed by atoms with E-state index < -0.39 is 15.7 Å². The topological polar surface area (TPSA) is 106 Å². The van der Waals surface area contributed by atoms with E-state index in [1.807, 2.05) is 19.9 Å². The maximum Gasteiger partial charge on any atom is 0.291 e. The van der Waals surface area contributed by atoms with E-state index in [-0.39, 0.29) is 16.8 Å². The van der Waals surface area contributed by atoms with Crippen molar-refractivity contribution in [2.45, 2.75) is 31.7 Å². The van der Waals surface area contributed by atoms with E-state index in [0.29, 0.717) is 5.78 Å². The molecule has 1 atom stereocenters. The third kappa shape index (κ3) is 3.57. The van der Waals surface area contributed by atoms with Crippen molar-refractivity contribution < 1.29 is 13.2 Å². The molecule has 8 nitrogen and oxygen atoms in total. The molecule has 1 aromatic carbocycles. The first-order valence-electron chi connectivity index (χ1n) is 7.97. The lowest BCUT2D eigenvalue weighted by Crippen LogP contribution is -2.27. The van der Waals surface area contributed by atoms with Crippen molar-refractivity contribution in [1.29, 1.82) is 0 Å². The molecule has 136 valence electrons. The Morgan fingerprint density at radius 3 is 2.42 bits per heavy atom. The van der Waals surface area contributed by atoms with E-state index in [9.17, 15) is 13.2 Å². The Kier molecular flexibility index (Phi) is 4.49. The molecular formula is C17H19N5O3S. The number of aromatic nitrogens is 4. The Morgan fingerprint density at radius 1 is 1.15 bits per heavy atom. The van der Waals surface area contributed by atoms with E-state index in [2.05, 4.69) is 20.4 Å². The number of benzene rings is 1. The average molecular weight is 373 g/mol. The van der Waals surface area contributed by atoms with Crippen LogP contribution in [0.5, 0.6) is 0 Å². The molecule has 26 heavy (non-hydrogen) atoms. The van der Waals surface area contributed by atoms with Gasteiger partial charge in [0.15, 0.2) is 9.84 Å². The number of hydrogen-bond donors (Lipinski definition) is 1. The number of sulfone groups is 1. The second kappa shape index (κ2) is 6.49. The zero-order valence-corrected chi connectivity index (χ0v) is 15.7. The maximum absolute atomic E-state index is 12.4. The van der Waals surface area contributed by atoms with Gasteiger partial charge in [-0.15, -0.1) is 5.10 Å². The van der Waals surface area contributed by atoms with Crippen LogP contribution in [0, 0.1) is 13.8 Å². The first-order chi connectivity index (χ1) is 12.1. The normalized spacial score (nSPS) is 12.9. The van der Waals surface area contributed by atoms with Crippen molar-refractivity contribution in [1.82, 2.24) is 24.9 Å². The second-order valence-corrected chi connectivity index (χ2v) is 8.24. The Morgan fingerprint density at radius 2 is 1.81 bits per heavy atom. The number of hydrogen-bond acceptors (Lipinski definition) is 6. The number of aryl methyl sites for hydroxylation is 2. The van der Waals surface area contributed by atoms with Crippen LogP contribution in [0.15, 0.2) is 35.2 Å². The van der Waals surface area contributed by atoms with Gasteiger partial charge in [-0.05, 0) is 44.5 Å². The summed E-state index contributed by atoms with van der Waals surface area (Å²) in [6.45, 7) is 5.52.